The van der Waals surface area contributed by atoms with Gasteiger partial charge in [-0.2, -0.15) is 0 Å². The maximum atomic E-state index is 12.6. The van der Waals surface area contributed by atoms with E-state index >= 15 is 0 Å². The lowest BCUT2D eigenvalue weighted by molar-refractivity contribution is -0.126. The van der Waals surface area contributed by atoms with Crippen LogP contribution in [0, 0.1) is 18.3 Å². The number of aryl methyl sites for hydroxylation is 1. The van der Waals surface area contributed by atoms with Crippen LogP contribution in [0.3, 0.4) is 0 Å². The molecule has 1 N–H and O–H groups in total. The second-order valence-corrected chi connectivity index (χ2v) is 8.39. The molecule has 0 bridgehead atoms. The molecule has 0 radical (unpaired) electrons. The van der Waals surface area contributed by atoms with Crippen molar-refractivity contribution in [1.29, 1.82) is 0 Å². The van der Waals surface area contributed by atoms with E-state index in [0.29, 0.717) is 0 Å². The summed E-state index contributed by atoms with van der Waals surface area (Å²) < 4.78 is 0. The first-order chi connectivity index (χ1) is 12.4. The molecule has 26 heavy (non-hydrogen) atoms. The Labute approximate surface area is 160 Å². The van der Waals surface area contributed by atoms with Crippen LogP contribution < -0.4 is 5.32 Å². The van der Waals surface area contributed by atoms with Crippen LogP contribution in [-0.4, -0.2) is 12.5 Å². The lowest BCUT2D eigenvalue weighted by Gasteiger charge is -2.43. The van der Waals surface area contributed by atoms with Crippen molar-refractivity contribution in [1.82, 2.24) is 5.32 Å². The van der Waals surface area contributed by atoms with E-state index in [4.69, 9.17) is 11.6 Å². The molecule has 2 aromatic carbocycles. The largest absolute Gasteiger partial charge is 0.355 e. The van der Waals surface area contributed by atoms with Gasteiger partial charge in [-0.1, -0.05) is 65.2 Å². The van der Waals surface area contributed by atoms with Crippen LogP contribution >= 0.6 is 11.6 Å². The van der Waals surface area contributed by atoms with Crippen LogP contribution in [0.25, 0.3) is 0 Å². The van der Waals surface area contributed by atoms with Gasteiger partial charge in [-0.15, -0.1) is 0 Å². The summed E-state index contributed by atoms with van der Waals surface area (Å²) in [5.74, 6) is 0.891. The highest BCUT2D eigenvalue weighted by molar-refractivity contribution is 6.30. The third kappa shape index (κ3) is 2.68. The van der Waals surface area contributed by atoms with Gasteiger partial charge in [0.1, 0.15) is 0 Å². The Morgan fingerprint density at radius 1 is 1.00 bits per heavy atom. The molecule has 4 unspecified atom stereocenters. The summed E-state index contributed by atoms with van der Waals surface area (Å²) in [7, 11) is 0. The molecule has 1 saturated heterocycles. The van der Waals surface area contributed by atoms with Crippen molar-refractivity contribution < 1.29 is 4.79 Å². The van der Waals surface area contributed by atoms with E-state index in [0.717, 1.165) is 11.6 Å². The minimum Gasteiger partial charge on any atom is -0.355 e. The molecule has 0 aromatic heterocycles. The Morgan fingerprint density at radius 2 is 1.62 bits per heavy atom. The average molecular weight is 366 g/mol. The molecule has 2 aliphatic rings. The van der Waals surface area contributed by atoms with Gasteiger partial charge in [0.15, 0.2) is 0 Å². The molecule has 0 spiro atoms. The van der Waals surface area contributed by atoms with Gasteiger partial charge in [0, 0.05) is 29.3 Å². The highest BCUT2D eigenvalue weighted by atomic mass is 35.5. The number of nitrogens with one attached hydrogen (secondary N) is 1. The number of allylic oxidation sites excluding steroid dienone is 1. The van der Waals surface area contributed by atoms with Crippen LogP contribution in [0.4, 0.5) is 0 Å². The highest BCUT2D eigenvalue weighted by Gasteiger charge is 2.53. The Balaban J connectivity index is 1.89. The quantitative estimate of drug-likeness (QED) is 0.725. The van der Waals surface area contributed by atoms with Crippen LogP contribution in [0.2, 0.25) is 5.02 Å². The van der Waals surface area contributed by atoms with E-state index in [1.165, 1.54) is 22.3 Å². The van der Waals surface area contributed by atoms with Gasteiger partial charge in [-0.05, 0) is 44.0 Å². The first kappa shape index (κ1) is 17.4. The highest BCUT2D eigenvalue weighted by Crippen LogP contribution is 2.55. The van der Waals surface area contributed by atoms with Gasteiger partial charge in [-0.25, -0.2) is 0 Å². The van der Waals surface area contributed by atoms with Crippen molar-refractivity contribution in [3.05, 3.63) is 81.9 Å². The normalized spacial score (nSPS) is 30.5. The predicted octanol–water partition coefficient (Wildman–Crippen LogP) is 5.23. The molecular weight excluding hydrogens is 342 g/mol. The Morgan fingerprint density at radius 3 is 2.27 bits per heavy atom. The first-order valence-corrected chi connectivity index (χ1v) is 9.57. The predicted molar refractivity (Wildman–Crippen MR) is 106 cm³/mol. The number of carbonyl (C=O) groups is 1. The molecule has 1 amide bonds. The van der Waals surface area contributed by atoms with Crippen LogP contribution in [0.1, 0.15) is 42.4 Å². The van der Waals surface area contributed by atoms with E-state index in [-0.39, 0.29) is 23.7 Å². The summed E-state index contributed by atoms with van der Waals surface area (Å²) in [5, 5.41) is 3.86. The standard InChI is InChI=1S/C23H24ClNO/c1-14-4-6-17(7-5-14)21-19-13-25-22(26)23(19,3)12-15(2)20(21)16-8-10-18(24)11-9-16/h4-12,19-21H,13H2,1-3H3,(H,25,26). The van der Waals surface area contributed by atoms with Gasteiger partial charge >= 0.3 is 0 Å². The zero-order chi connectivity index (χ0) is 18.5. The van der Waals surface area contributed by atoms with Crippen molar-refractivity contribution in [2.75, 3.05) is 6.54 Å². The number of hydrogen-bond donors (Lipinski definition) is 1. The minimum atomic E-state index is -0.442. The smallest absolute Gasteiger partial charge is 0.230 e. The SMILES string of the molecule is CC1=CC2(C)C(=O)NCC2C(c2ccc(C)cc2)C1c1ccc(Cl)cc1. The maximum absolute atomic E-state index is 12.6. The topological polar surface area (TPSA) is 29.1 Å². The molecule has 2 nitrogen and oxygen atoms in total. The van der Waals surface area contributed by atoms with Crippen molar-refractivity contribution in [2.24, 2.45) is 11.3 Å². The Bertz CT molecular complexity index is 868. The molecule has 2 aromatic rings. The lowest BCUT2D eigenvalue weighted by atomic mass is 9.58. The fraction of sp³-hybridized carbons (Fsp3) is 0.348. The number of fused-ring (bicyclic) bond motifs is 1. The summed E-state index contributed by atoms with van der Waals surface area (Å²) in [6.45, 7) is 7.08. The van der Waals surface area contributed by atoms with Gasteiger partial charge in [0.2, 0.25) is 5.91 Å². The van der Waals surface area contributed by atoms with Crippen LogP contribution in [0.5, 0.6) is 0 Å². The molecular formula is C23H24ClNO. The lowest BCUT2D eigenvalue weighted by Crippen LogP contribution is -2.39. The number of benzene rings is 2. The summed E-state index contributed by atoms with van der Waals surface area (Å²) >= 11 is 6.12. The Hall–Kier alpha value is -2.06. The second-order valence-electron chi connectivity index (χ2n) is 7.95. The van der Waals surface area contributed by atoms with E-state index in [9.17, 15) is 4.79 Å². The van der Waals surface area contributed by atoms with Crippen molar-refractivity contribution in [2.45, 2.75) is 32.6 Å². The summed E-state index contributed by atoms with van der Waals surface area (Å²) in [4.78, 5) is 12.6. The van der Waals surface area contributed by atoms with E-state index in [2.05, 4.69) is 68.6 Å². The number of halogens is 1. The van der Waals surface area contributed by atoms with E-state index < -0.39 is 5.41 Å². The number of carbonyl (C=O) groups excluding carboxylic acids is 1. The molecule has 0 saturated carbocycles. The second kappa shape index (κ2) is 6.28. The molecule has 1 heterocycles. The van der Waals surface area contributed by atoms with Crippen LogP contribution in [-0.2, 0) is 4.79 Å². The van der Waals surface area contributed by atoms with Crippen molar-refractivity contribution in [3.63, 3.8) is 0 Å². The summed E-state index contributed by atoms with van der Waals surface area (Å²) in [6, 6.07) is 17.0. The molecule has 4 rings (SSSR count). The van der Waals surface area contributed by atoms with Crippen LogP contribution in [0.15, 0.2) is 60.2 Å². The first-order valence-electron chi connectivity index (χ1n) is 9.20. The summed E-state index contributed by atoms with van der Waals surface area (Å²) in [5.41, 5.74) is 4.63. The molecule has 1 fully saturated rings. The zero-order valence-corrected chi connectivity index (χ0v) is 16.2. The third-order valence-corrected chi connectivity index (χ3v) is 6.50. The van der Waals surface area contributed by atoms with Crippen molar-refractivity contribution >= 4 is 17.5 Å². The summed E-state index contributed by atoms with van der Waals surface area (Å²) in [6.07, 6.45) is 2.20. The van der Waals surface area contributed by atoms with Gasteiger partial charge in [0.05, 0.1) is 5.41 Å². The third-order valence-electron chi connectivity index (χ3n) is 6.24. The molecule has 4 atom stereocenters. The van der Waals surface area contributed by atoms with E-state index in [1.807, 2.05) is 12.1 Å². The van der Waals surface area contributed by atoms with Gasteiger partial charge in [0.25, 0.3) is 0 Å². The van der Waals surface area contributed by atoms with Gasteiger partial charge < -0.3 is 5.32 Å². The fourth-order valence-electron chi connectivity index (χ4n) is 4.88. The average Bonchev–Trinajstić information content (AvgIpc) is 2.90. The van der Waals surface area contributed by atoms with E-state index in [1.54, 1.807) is 0 Å². The number of rotatable bonds is 2. The molecule has 134 valence electrons. The van der Waals surface area contributed by atoms with Crippen molar-refractivity contribution in [3.8, 4) is 0 Å². The minimum absolute atomic E-state index is 0.147. The maximum Gasteiger partial charge on any atom is 0.230 e. The number of hydrogen-bond acceptors (Lipinski definition) is 1. The number of amides is 1. The Kier molecular flexibility index (Phi) is 4.19. The molecule has 3 heteroatoms. The monoisotopic (exact) mass is 365 g/mol. The van der Waals surface area contributed by atoms with Gasteiger partial charge in [-0.3, -0.25) is 4.79 Å². The fourth-order valence-corrected chi connectivity index (χ4v) is 5.00. The molecule has 1 aliphatic heterocycles. The zero-order valence-electron chi connectivity index (χ0n) is 15.4. The molecule has 1 aliphatic carbocycles.